The number of benzene rings is 2. The van der Waals surface area contributed by atoms with Gasteiger partial charge < -0.3 is 5.11 Å². The van der Waals surface area contributed by atoms with Gasteiger partial charge in [0.25, 0.3) is 0 Å². The van der Waals surface area contributed by atoms with Gasteiger partial charge in [0.1, 0.15) is 0 Å². The Balaban J connectivity index is 0.000000352. The van der Waals surface area contributed by atoms with Crippen molar-refractivity contribution in [2.24, 2.45) is 0 Å². The van der Waals surface area contributed by atoms with Gasteiger partial charge in [-0.1, -0.05) is 35.9 Å². The summed E-state index contributed by atoms with van der Waals surface area (Å²) in [5, 5.41) is 8.44. The van der Waals surface area contributed by atoms with Gasteiger partial charge >= 0.3 is 24.8 Å². The zero-order valence-electron chi connectivity index (χ0n) is 11.5. The fourth-order valence-electron chi connectivity index (χ4n) is 1.36. The average molecular weight is 248 g/mol. The van der Waals surface area contributed by atoms with Gasteiger partial charge in [-0.25, -0.2) is 0 Å². The molecule has 1 N–H and O–H groups in total. The van der Waals surface area contributed by atoms with Crippen LogP contribution in [0.1, 0.15) is 16.7 Å². The van der Waals surface area contributed by atoms with Gasteiger partial charge in [0.05, 0.1) is 6.42 Å². The molecule has 0 aliphatic heterocycles. The molecule has 94 valence electrons. The van der Waals surface area contributed by atoms with Crippen LogP contribution < -0.4 is 18.9 Å². The number of hydrogen-bond donors (Lipinski definition) is 1. The molecule has 2 rings (SSSR count). The third-order valence-corrected chi connectivity index (χ3v) is 2.32. The summed E-state index contributed by atoms with van der Waals surface area (Å²) in [4.78, 5) is 10.3. The number of aliphatic carboxylic acids is 1. The van der Waals surface area contributed by atoms with Crippen LogP contribution in [0.3, 0.4) is 0 Å². The molecule has 0 radical (unpaired) electrons. The van der Waals surface area contributed by atoms with Crippen molar-refractivity contribution < 1.29 is 28.8 Å². The summed E-state index contributed by atoms with van der Waals surface area (Å²) in [5.74, 6) is -0.783. The quantitative estimate of drug-likeness (QED) is 0.620. The SMILES string of the molecule is Cc1ccc(CC(=O)O)cc1.[CH2-]c1ccccc1.[Li+]. The molecule has 2 aromatic rings. The molecule has 0 amide bonds. The van der Waals surface area contributed by atoms with E-state index in [1.807, 2.05) is 61.5 Å². The number of hydrogen-bond acceptors (Lipinski definition) is 1. The standard InChI is InChI=1S/C9H10O2.C7H7.Li/c1-7-2-4-8(5-3-7)6-9(10)11;1-7-5-3-2-4-6-7;/h2-5H,6H2,1H3,(H,10,11);2-6H,1H2;/q;-1;+1. The summed E-state index contributed by atoms with van der Waals surface area (Å²) >= 11 is 0. The van der Waals surface area contributed by atoms with E-state index in [-0.39, 0.29) is 25.3 Å². The first kappa shape index (κ1) is 17.4. The van der Waals surface area contributed by atoms with Crippen molar-refractivity contribution in [3.63, 3.8) is 0 Å². The Morgan fingerprint density at radius 1 is 1.05 bits per heavy atom. The van der Waals surface area contributed by atoms with Gasteiger partial charge in [0.15, 0.2) is 0 Å². The fraction of sp³-hybridized carbons (Fsp3) is 0.125. The van der Waals surface area contributed by atoms with Crippen LogP contribution in [-0.2, 0) is 11.2 Å². The van der Waals surface area contributed by atoms with Crippen LogP contribution in [0.25, 0.3) is 0 Å². The van der Waals surface area contributed by atoms with Gasteiger partial charge in [-0.2, -0.15) is 24.6 Å². The van der Waals surface area contributed by atoms with E-state index in [0.717, 1.165) is 16.7 Å². The Kier molecular flexibility index (Phi) is 8.53. The van der Waals surface area contributed by atoms with Crippen molar-refractivity contribution in [1.82, 2.24) is 0 Å². The minimum atomic E-state index is -0.783. The van der Waals surface area contributed by atoms with Crippen molar-refractivity contribution in [1.29, 1.82) is 0 Å². The second-order valence-corrected chi connectivity index (χ2v) is 4.04. The van der Waals surface area contributed by atoms with Crippen molar-refractivity contribution >= 4 is 5.97 Å². The zero-order chi connectivity index (χ0) is 13.4. The molecule has 0 saturated carbocycles. The van der Waals surface area contributed by atoms with E-state index in [1.54, 1.807) is 0 Å². The summed E-state index contributed by atoms with van der Waals surface area (Å²) in [6.45, 7) is 5.70. The van der Waals surface area contributed by atoms with E-state index >= 15 is 0 Å². The van der Waals surface area contributed by atoms with Crippen molar-refractivity contribution in [3.8, 4) is 0 Å². The van der Waals surface area contributed by atoms with E-state index in [0.29, 0.717) is 0 Å². The van der Waals surface area contributed by atoms with Gasteiger partial charge in [-0.3, -0.25) is 4.79 Å². The normalized spacial score (nSPS) is 8.68. The summed E-state index contributed by atoms with van der Waals surface area (Å²) < 4.78 is 0. The summed E-state index contributed by atoms with van der Waals surface area (Å²) in [7, 11) is 0. The number of carboxylic acid groups (broad SMARTS) is 1. The predicted molar refractivity (Wildman–Crippen MR) is 73.4 cm³/mol. The van der Waals surface area contributed by atoms with E-state index in [2.05, 4.69) is 6.92 Å². The van der Waals surface area contributed by atoms with Crippen LogP contribution in [-0.4, -0.2) is 11.1 Å². The maximum atomic E-state index is 10.3. The first-order valence-electron chi connectivity index (χ1n) is 5.72. The smallest absolute Gasteiger partial charge is 0.481 e. The minimum absolute atomic E-state index is 0. The summed E-state index contributed by atoms with van der Waals surface area (Å²) in [6, 6.07) is 17.4. The number of rotatable bonds is 2. The average Bonchev–Trinajstić information content (AvgIpc) is 2.33. The summed E-state index contributed by atoms with van der Waals surface area (Å²) in [5.41, 5.74) is 3.07. The summed E-state index contributed by atoms with van der Waals surface area (Å²) in [6.07, 6.45) is 0.111. The first-order valence-corrected chi connectivity index (χ1v) is 5.72. The second kappa shape index (κ2) is 9.33. The fourth-order valence-corrected chi connectivity index (χ4v) is 1.36. The molecule has 0 heterocycles. The number of carboxylic acids is 1. The third kappa shape index (κ3) is 8.15. The minimum Gasteiger partial charge on any atom is -0.481 e. The number of aryl methyl sites for hydroxylation is 1. The Bertz CT molecular complexity index is 478. The molecular weight excluding hydrogens is 231 g/mol. The molecule has 0 bridgehead atoms. The molecule has 0 atom stereocenters. The monoisotopic (exact) mass is 248 g/mol. The second-order valence-electron chi connectivity index (χ2n) is 4.04. The van der Waals surface area contributed by atoms with Crippen LogP contribution in [0.2, 0.25) is 0 Å². The molecule has 0 aliphatic carbocycles. The van der Waals surface area contributed by atoms with Crippen molar-refractivity contribution in [3.05, 3.63) is 78.2 Å². The van der Waals surface area contributed by atoms with E-state index < -0.39 is 5.97 Å². The maximum absolute atomic E-state index is 10.3. The molecule has 0 aliphatic rings. The molecule has 0 spiro atoms. The van der Waals surface area contributed by atoms with Crippen LogP contribution >= 0.6 is 0 Å². The molecule has 2 aromatic carbocycles. The molecule has 0 saturated heterocycles. The molecule has 0 aromatic heterocycles. The maximum Gasteiger partial charge on any atom is 1.00 e. The van der Waals surface area contributed by atoms with Gasteiger partial charge in [0, 0.05) is 0 Å². The largest absolute Gasteiger partial charge is 1.00 e. The van der Waals surface area contributed by atoms with Gasteiger partial charge in [0.2, 0.25) is 0 Å². The van der Waals surface area contributed by atoms with E-state index in [9.17, 15) is 4.79 Å². The predicted octanol–water partition coefficient (Wildman–Crippen LogP) is 0.495. The topological polar surface area (TPSA) is 37.3 Å². The Morgan fingerprint density at radius 2 is 1.58 bits per heavy atom. The molecule has 0 unspecified atom stereocenters. The van der Waals surface area contributed by atoms with E-state index in [4.69, 9.17) is 5.11 Å². The Labute approximate surface area is 126 Å². The molecule has 3 heteroatoms. The number of carbonyl (C=O) groups is 1. The van der Waals surface area contributed by atoms with Crippen molar-refractivity contribution in [2.45, 2.75) is 13.3 Å². The molecule has 0 fully saturated rings. The van der Waals surface area contributed by atoms with E-state index in [1.165, 1.54) is 0 Å². The van der Waals surface area contributed by atoms with Crippen LogP contribution in [0.15, 0.2) is 54.6 Å². The zero-order valence-corrected chi connectivity index (χ0v) is 11.5. The molecule has 19 heavy (non-hydrogen) atoms. The van der Waals surface area contributed by atoms with Crippen LogP contribution in [0, 0.1) is 13.8 Å². The molecular formula is C16H17LiO2. The third-order valence-electron chi connectivity index (χ3n) is 2.32. The Morgan fingerprint density at radius 3 is 1.95 bits per heavy atom. The van der Waals surface area contributed by atoms with Crippen molar-refractivity contribution in [2.75, 3.05) is 0 Å². The van der Waals surface area contributed by atoms with Crippen LogP contribution in [0.5, 0.6) is 0 Å². The van der Waals surface area contributed by atoms with Gasteiger partial charge in [-0.15, -0.1) is 12.1 Å². The Hall–Kier alpha value is -1.62. The van der Waals surface area contributed by atoms with Crippen LogP contribution in [0.4, 0.5) is 0 Å². The van der Waals surface area contributed by atoms with Gasteiger partial charge in [-0.05, 0) is 12.5 Å². The molecule has 2 nitrogen and oxygen atoms in total. The first-order chi connectivity index (χ1) is 8.58.